The Morgan fingerprint density at radius 1 is 1.29 bits per heavy atom. The number of hydrogen-bond donors (Lipinski definition) is 1. The molecule has 0 bridgehead atoms. The van der Waals surface area contributed by atoms with Crippen molar-refractivity contribution in [2.45, 2.75) is 30.8 Å². The number of benzene rings is 1. The number of halogens is 3. The quantitative estimate of drug-likeness (QED) is 0.816. The lowest BCUT2D eigenvalue weighted by atomic mass is 9.98. The zero-order valence-corrected chi connectivity index (χ0v) is 15.4. The van der Waals surface area contributed by atoms with Crippen LogP contribution in [0.25, 0.3) is 0 Å². The number of hydrogen-bond acceptors (Lipinski definition) is 3. The maximum Gasteiger partial charge on any atom is 0.318 e. The molecule has 150 valence electrons. The number of rotatable bonds is 6. The van der Waals surface area contributed by atoms with Crippen LogP contribution in [-0.2, 0) is 11.2 Å². The molecule has 2 aromatic rings. The summed E-state index contributed by atoms with van der Waals surface area (Å²) in [4.78, 5) is 18.0. The van der Waals surface area contributed by atoms with Gasteiger partial charge in [-0.3, -0.25) is 4.98 Å². The van der Waals surface area contributed by atoms with Crippen molar-refractivity contribution in [1.29, 1.82) is 0 Å². The maximum absolute atomic E-state index is 13.8. The van der Waals surface area contributed by atoms with Gasteiger partial charge < -0.3 is 15.0 Å². The topological polar surface area (TPSA) is 54.5 Å². The molecule has 1 aliphatic rings. The molecule has 1 aromatic carbocycles. The second-order valence-corrected chi connectivity index (χ2v) is 6.85. The van der Waals surface area contributed by atoms with Crippen LogP contribution in [0, 0.1) is 5.82 Å². The van der Waals surface area contributed by atoms with Crippen LogP contribution in [-0.4, -0.2) is 48.1 Å². The van der Waals surface area contributed by atoms with E-state index in [1.54, 1.807) is 43.7 Å². The van der Waals surface area contributed by atoms with Gasteiger partial charge in [0.25, 0.3) is 5.92 Å². The van der Waals surface area contributed by atoms with Crippen LogP contribution in [0.3, 0.4) is 0 Å². The minimum Gasteiger partial charge on any atom is -0.373 e. The van der Waals surface area contributed by atoms with Gasteiger partial charge in [0.1, 0.15) is 18.5 Å². The Labute approximate surface area is 161 Å². The van der Waals surface area contributed by atoms with Crippen molar-refractivity contribution < 1.29 is 22.7 Å². The van der Waals surface area contributed by atoms with E-state index in [1.807, 2.05) is 0 Å². The summed E-state index contributed by atoms with van der Waals surface area (Å²) in [6.07, 6.45) is 4.36. The zero-order chi connectivity index (χ0) is 20.1. The van der Waals surface area contributed by atoms with Crippen molar-refractivity contribution in [2.75, 3.05) is 20.3 Å². The number of ether oxygens (including phenoxy) is 1. The molecule has 28 heavy (non-hydrogen) atoms. The summed E-state index contributed by atoms with van der Waals surface area (Å²) in [6.45, 7) is -0.915. The Balaban J connectivity index is 1.72. The average molecular weight is 393 g/mol. The third-order valence-corrected chi connectivity index (χ3v) is 4.88. The smallest absolute Gasteiger partial charge is 0.318 e. The Morgan fingerprint density at radius 3 is 2.57 bits per heavy atom. The van der Waals surface area contributed by atoms with Crippen molar-refractivity contribution in [3.8, 4) is 0 Å². The van der Waals surface area contributed by atoms with E-state index in [0.29, 0.717) is 12.8 Å². The zero-order valence-electron chi connectivity index (χ0n) is 15.4. The first kappa shape index (κ1) is 20.1. The van der Waals surface area contributed by atoms with Gasteiger partial charge in [0.15, 0.2) is 0 Å². The number of pyridine rings is 1. The van der Waals surface area contributed by atoms with Gasteiger partial charge in [-0.25, -0.2) is 18.0 Å². The number of nitrogens with one attached hydrogen (secondary N) is 1. The number of urea groups is 1. The fourth-order valence-electron chi connectivity index (χ4n) is 3.20. The molecule has 2 heterocycles. The van der Waals surface area contributed by atoms with Crippen molar-refractivity contribution >= 4 is 6.03 Å². The Morgan fingerprint density at radius 2 is 1.96 bits per heavy atom. The minimum absolute atomic E-state index is 0.220. The van der Waals surface area contributed by atoms with Gasteiger partial charge >= 0.3 is 6.03 Å². The van der Waals surface area contributed by atoms with Gasteiger partial charge in [-0.2, -0.15) is 0 Å². The van der Waals surface area contributed by atoms with E-state index in [9.17, 15) is 18.0 Å². The largest absolute Gasteiger partial charge is 0.373 e. The lowest BCUT2D eigenvalue weighted by Crippen LogP contribution is -2.51. The summed E-state index contributed by atoms with van der Waals surface area (Å²) in [6, 6.07) is 7.41. The van der Waals surface area contributed by atoms with Crippen molar-refractivity contribution in [3.63, 3.8) is 0 Å². The van der Waals surface area contributed by atoms with Gasteiger partial charge in [0.2, 0.25) is 0 Å². The molecular weight excluding hydrogens is 371 g/mol. The average Bonchev–Trinajstić information content (AvgIpc) is 3.02. The SMILES string of the molecule is CN(C(=O)N[C@H]1COCC1(F)F)[C@@H](CCc1ccc(F)cc1)c1ccncc1. The van der Waals surface area contributed by atoms with Crippen LogP contribution >= 0.6 is 0 Å². The molecule has 1 aliphatic heterocycles. The monoisotopic (exact) mass is 393 g/mol. The van der Waals surface area contributed by atoms with Gasteiger partial charge in [0, 0.05) is 19.4 Å². The Hall–Kier alpha value is -2.61. The molecule has 5 nitrogen and oxygen atoms in total. The van der Waals surface area contributed by atoms with Crippen molar-refractivity contribution in [1.82, 2.24) is 15.2 Å². The van der Waals surface area contributed by atoms with Crippen molar-refractivity contribution in [2.24, 2.45) is 0 Å². The molecule has 2 atom stereocenters. The van der Waals surface area contributed by atoms with Crippen LogP contribution in [0.1, 0.15) is 23.6 Å². The second-order valence-electron chi connectivity index (χ2n) is 6.85. The first-order valence-electron chi connectivity index (χ1n) is 9.00. The molecule has 0 radical (unpaired) electrons. The summed E-state index contributed by atoms with van der Waals surface area (Å²) < 4.78 is 45.4. The molecule has 0 unspecified atom stereocenters. The molecule has 2 amide bonds. The molecule has 1 N–H and O–H groups in total. The Bertz CT molecular complexity index is 787. The molecule has 0 spiro atoms. The van der Waals surface area contributed by atoms with E-state index in [0.717, 1.165) is 11.1 Å². The van der Waals surface area contributed by atoms with E-state index >= 15 is 0 Å². The molecule has 1 fully saturated rings. The summed E-state index contributed by atoms with van der Waals surface area (Å²) in [5.41, 5.74) is 1.76. The number of alkyl halides is 2. The summed E-state index contributed by atoms with van der Waals surface area (Å²) in [7, 11) is 1.57. The highest BCUT2D eigenvalue weighted by Crippen LogP contribution is 2.28. The fourth-order valence-corrected chi connectivity index (χ4v) is 3.20. The van der Waals surface area contributed by atoms with E-state index in [-0.39, 0.29) is 18.5 Å². The lowest BCUT2D eigenvalue weighted by molar-refractivity contribution is -0.0224. The standard InChI is InChI=1S/C20H22F3N3O2/c1-26(19(27)25-18-12-28-13-20(18,22)23)17(15-8-10-24-11-9-15)7-4-14-2-5-16(21)6-3-14/h2-3,5-6,8-11,17-18H,4,7,12-13H2,1H3,(H,25,27)/t17-,18-/m0/s1. The predicted octanol–water partition coefficient (Wildman–Crippen LogP) is 3.57. The molecule has 0 saturated carbocycles. The number of aromatic nitrogens is 1. The number of nitrogens with zero attached hydrogens (tertiary/aromatic N) is 2. The molecule has 3 rings (SSSR count). The van der Waals surface area contributed by atoms with E-state index < -0.39 is 24.6 Å². The highest BCUT2D eigenvalue weighted by Gasteiger charge is 2.46. The minimum atomic E-state index is -3.09. The normalized spacial score (nSPS) is 19.2. The van der Waals surface area contributed by atoms with Gasteiger partial charge in [-0.15, -0.1) is 0 Å². The second kappa shape index (κ2) is 8.60. The molecule has 0 aliphatic carbocycles. The highest BCUT2D eigenvalue weighted by molar-refractivity contribution is 5.75. The van der Waals surface area contributed by atoms with Crippen LogP contribution in [0.2, 0.25) is 0 Å². The summed E-state index contributed by atoms with van der Waals surface area (Å²) in [5.74, 6) is -3.40. The van der Waals surface area contributed by atoms with E-state index in [2.05, 4.69) is 10.3 Å². The Kier molecular flexibility index (Phi) is 6.18. The number of aryl methyl sites for hydroxylation is 1. The number of carbonyl (C=O) groups excluding carboxylic acids is 1. The number of carbonyl (C=O) groups is 1. The first-order valence-corrected chi connectivity index (χ1v) is 9.00. The van der Waals surface area contributed by atoms with Crippen LogP contribution in [0.15, 0.2) is 48.8 Å². The van der Waals surface area contributed by atoms with Gasteiger partial charge in [-0.1, -0.05) is 12.1 Å². The fraction of sp³-hybridized carbons (Fsp3) is 0.400. The van der Waals surface area contributed by atoms with Gasteiger partial charge in [0.05, 0.1) is 12.6 Å². The predicted molar refractivity (Wildman–Crippen MR) is 97.5 cm³/mol. The third kappa shape index (κ3) is 4.81. The number of amides is 2. The lowest BCUT2D eigenvalue weighted by Gasteiger charge is -2.30. The maximum atomic E-state index is 13.8. The van der Waals surface area contributed by atoms with Crippen LogP contribution in [0.4, 0.5) is 18.0 Å². The van der Waals surface area contributed by atoms with E-state index in [4.69, 9.17) is 4.74 Å². The first-order chi connectivity index (χ1) is 13.4. The van der Waals surface area contributed by atoms with E-state index in [1.165, 1.54) is 17.0 Å². The molecule has 1 saturated heterocycles. The summed E-state index contributed by atoms with van der Waals surface area (Å²) in [5, 5.41) is 2.37. The highest BCUT2D eigenvalue weighted by atomic mass is 19.3. The van der Waals surface area contributed by atoms with Crippen LogP contribution < -0.4 is 5.32 Å². The van der Waals surface area contributed by atoms with Gasteiger partial charge in [-0.05, 0) is 48.2 Å². The third-order valence-electron chi connectivity index (χ3n) is 4.88. The summed E-state index contributed by atoms with van der Waals surface area (Å²) >= 11 is 0. The molecular formula is C20H22F3N3O2. The van der Waals surface area contributed by atoms with Crippen molar-refractivity contribution in [3.05, 3.63) is 65.7 Å². The van der Waals surface area contributed by atoms with Crippen LogP contribution in [0.5, 0.6) is 0 Å². The molecule has 1 aromatic heterocycles. The molecule has 8 heteroatoms.